The molecule has 0 bridgehead atoms. The fourth-order valence-electron chi connectivity index (χ4n) is 1.96. The summed E-state index contributed by atoms with van der Waals surface area (Å²) in [6.07, 6.45) is 5.51. The molecule has 1 aliphatic carbocycles. The van der Waals surface area contributed by atoms with Crippen molar-refractivity contribution >= 4 is 15.8 Å². The summed E-state index contributed by atoms with van der Waals surface area (Å²) < 4.78 is 33.8. The Labute approximate surface area is 125 Å². The fourth-order valence-corrected chi connectivity index (χ4v) is 3.11. The number of nitrogens with two attached hydrogens (primary N) is 1. The van der Waals surface area contributed by atoms with Crippen molar-refractivity contribution in [1.82, 2.24) is 14.5 Å². The molecule has 1 fully saturated rings. The number of aromatic nitrogens is 2. The molecule has 120 valence electrons. The number of nitrogens with zero attached hydrogens (tertiary/aromatic N) is 2. The number of nitrogen functional groups attached to an aromatic ring is 1. The molecule has 0 spiro atoms. The predicted molar refractivity (Wildman–Crippen MR) is 80.3 cm³/mol. The zero-order chi connectivity index (χ0) is 15.3. The van der Waals surface area contributed by atoms with Crippen LogP contribution in [-0.4, -0.2) is 38.0 Å². The van der Waals surface area contributed by atoms with E-state index in [0.717, 1.165) is 18.9 Å². The molecule has 1 heterocycles. The van der Waals surface area contributed by atoms with E-state index in [-0.39, 0.29) is 10.7 Å². The molecule has 0 atom stereocenters. The van der Waals surface area contributed by atoms with E-state index in [9.17, 15) is 8.42 Å². The van der Waals surface area contributed by atoms with Crippen molar-refractivity contribution < 1.29 is 13.2 Å². The first-order chi connectivity index (χ1) is 10.0. The van der Waals surface area contributed by atoms with Gasteiger partial charge >= 0.3 is 0 Å². The molecule has 1 aromatic rings. The SMILES string of the molecule is CCCn1cc(S(=O)(=O)NCCCOCC2CC2)c(N)n1. The van der Waals surface area contributed by atoms with Crippen LogP contribution in [0.4, 0.5) is 5.82 Å². The lowest BCUT2D eigenvalue weighted by atomic mass is 10.4. The maximum atomic E-state index is 12.1. The molecule has 1 saturated carbocycles. The number of hydrogen-bond acceptors (Lipinski definition) is 5. The molecule has 0 aliphatic heterocycles. The van der Waals surface area contributed by atoms with Crippen LogP contribution >= 0.6 is 0 Å². The van der Waals surface area contributed by atoms with E-state index in [1.54, 1.807) is 4.68 Å². The molecule has 8 heteroatoms. The van der Waals surface area contributed by atoms with Crippen molar-refractivity contribution in [2.45, 2.75) is 44.0 Å². The number of anilines is 1. The Kier molecular flexibility index (Phi) is 5.60. The zero-order valence-corrected chi connectivity index (χ0v) is 13.2. The molecule has 0 unspecified atom stereocenters. The number of ether oxygens (including phenoxy) is 1. The average molecular weight is 316 g/mol. The van der Waals surface area contributed by atoms with Crippen molar-refractivity contribution in [3.05, 3.63) is 6.20 Å². The van der Waals surface area contributed by atoms with Gasteiger partial charge in [-0.2, -0.15) is 5.10 Å². The summed E-state index contributed by atoms with van der Waals surface area (Å²) >= 11 is 0. The van der Waals surface area contributed by atoms with Gasteiger partial charge in [0.2, 0.25) is 10.0 Å². The minimum Gasteiger partial charge on any atom is -0.381 e. The van der Waals surface area contributed by atoms with Gasteiger partial charge in [0, 0.05) is 32.5 Å². The van der Waals surface area contributed by atoms with Crippen molar-refractivity contribution in [1.29, 1.82) is 0 Å². The maximum Gasteiger partial charge on any atom is 0.245 e. The third-order valence-electron chi connectivity index (χ3n) is 3.31. The molecule has 7 nitrogen and oxygen atoms in total. The lowest BCUT2D eigenvalue weighted by Crippen LogP contribution is -2.26. The van der Waals surface area contributed by atoms with E-state index in [1.165, 1.54) is 19.0 Å². The summed E-state index contributed by atoms with van der Waals surface area (Å²) in [5.41, 5.74) is 5.67. The highest BCUT2D eigenvalue weighted by Crippen LogP contribution is 2.28. The maximum absolute atomic E-state index is 12.1. The van der Waals surface area contributed by atoms with Crippen LogP contribution < -0.4 is 10.5 Å². The first-order valence-electron chi connectivity index (χ1n) is 7.43. The lowest BCUT2D eigenvalue weighted by Gasteiger charge is -2.06. The van der Waals surface area contributed by atoms with E-state index in [2.05, 4.69) is 9.82 Å². The number of nitrogens with one attached hydrogen (secondary N) is 1. The predicted octanol–water partition coefficient (Wildman–Crippen LogP) is 0.970. The van der Waals surface area contributed by atoms with Gasteiger partial charge in [0.15, 0.2) is 5.82 Å². The minimum atomic E-state index is -3.59. The Hall–Kier alpha value is -1.12. The first-order valence-corrected chi connectivity index (χ1v) is 8.91. The van der Waals surface area contributed by atoms with Gasteiger partial charge in [-0.15, -0.1) is 0 Å². The summed E-state index contributed by atoms with van der Waals surface area (Å²) in [6, 6.07) is 0. The highest BCUT2D eigenvalue weighted by atomic mass is 32.2. The van der Waals surface area contributed by atoms with Crippen LogP contribution in [-0.2, 0) is 21.3 Å². The Bertz CT molecular complexity index is 552. The van der Waals surface area contributed by atoms with Crippen LogP contribution in [0.3, 0.4) is 0 Å². The second-order valence-electron chi connectivity index (χ2n) is 5.41. The van der Waals surface area contributed by atoms with Gasteiger partial charge in [0.25, 0.3) is 0 Å². The largest absolute Gasteiger partial charge is 0.381 e. The summed E-state index contributed by atoms with van der Waals surface area (Å²) in [7, 11) is -3.59. The Morgan fingerprint density at radius 3 is 2.95 bits per heavy atom. The molecule has 2 rings (SSSR count). The van der Waals surface area contributed by atoms with Gasteiger partial charge in [-0.1, -0.05) is 6.92 Å². The fraction of sp³-hybridized carbons (Fsp3) is 0.769. The Balaban J connectivity index is 1.77. The second-order valence-corrected chi connectivity index (χ2v) is 7.15. The number of aryl methyl sites for hydroxylation is 1. The van der Waals surface area contributed by atoms with Gasteiger partial charge in [-0.3, -0.25) is 4.68 Å². The molecule has 0 saturated heterocycles. The first kappa shape index (κ1) is 16.3. The summed E-state index contributed by atoms with van der Waals surface area (Å²) in [6.45, 7) is 4.35. The summed E-state index contributed by atoms with van der Waals surface area (Å²) in [4.78, 5) is 0.0508. The second kappa shape index (κ2) is 7.24. The minimum absolute atomic E-state index is 0.0425. The highest BCUT2D eigenvalue weighted by Gasteiger charge is 2.22. The number of hydrogen-bond donors (Lipinski definition) is 2. The number of rotatable bonds is 10. The van der Waals surface area contributed by atoms with Crippen molar-refractivity contribution in [3.63, 3.8) is 0 Å². The Morgan fingerprint density at radius 2 is 2.29 bits per heavy atom. The van der Waals surface area contributed by atoms with Gasteiger partial charge in [0.05, 0.1) is 0 Å². The van der Waals surface area contributed by atoms with Crippen molar-refractivity contribution in [2.24, 2.45) is 5.92 Å². The van der Waals surface area contributed by atoms with Gasteiger partial charge < -0.3 is 10.5 Å². The zero-order valence-electron chi connectivity index (χ0n) is 12.4. The third kappa shape index (κ3) is 4.98. The van der Waals surface area contributed by atoms with Crippen molar-refractivity contribution in [2.75, 3.05) is 25.5 Å². The quantitative estimate of drug-likeness (QED) is 0.627. The molecular formula is C13H24N4O3S. The van der Waals surface area contributed by atoms with Gasteiger partial charge in [-0.25, -0.2) is 13.1 Å². The standard InChI is InChI=1S/C13H24N4O3S/c1-2-7-17-9-12(13(14)16-17)21(18,19)15-6-3-8-20-10-11-4-5-11/h9,11,15H,2-8,10H2,1H3,(H2,14,16). The molecule has 0 radical (unpaired) electrons. The van der Waals surface area contributed by atoms with Crippen LogP contribution in [0.15, 0.2) is 11.1 Å². The van der Waals surface area contributed by atoms with Gasteiger partial charge in [-0.05, 0) is 31.6 Å². The van der Waals surface area contributed by atoms with Gasteiger partial charge in [0.1, 0.15) is 4.90 Å². The van der Waals surface area contributed by atoms with Crippen LogP contribution in [0, 0.1) is 5.92 Å². The number of sulfonamides is 1. The smallest absolute Gasteiger partial charge is 0.245 e. The van der Waals surface area contributed by atoms with Crippen LogP contribution in [0.1, 0.15) is 32.6 Å². The van der Waals surface area contributed by atoms with E-state index >= 15 is 0 Å². The molecule has 21 heavy (non-hydrogen) atoms. The van der Waals surface area contributed by atoms with Crippen LogP contribution in [0.2, 0.25) is 0 Å². The molecule has 0 amide bonds. The lowest BCUT2D eigenvalue weighted by molar-refractivity contribution is 0.123. The summed E-state index contributed by atoms with van der Waals surface area (Å²) in [5, 5.41) is 4.00. The highest BCUT2D eigenvalue weighted by molar-refractivity contribution is 7.89. The topological polar surface area (TPSA) is 99.2 Å². The normalized spacial score (nSPS) is 15.5. The van der Waals surface area contributed by atoms with E-state index < -0.39 is 10.0 Å². The molecule has 1 aromatic heterocycles. The van der Waals surface area contributed by atoms with Crippen LogP contribution in [0.25, 0.3) is 0 Å². The van der Waals surface area contributed by atoms with E-state index in [1.807, 2.05) is 6.92 Å². The molecular weight excluding hydrogens is 292 g/mol. The Morgan fingerprint density at radius 1 is 1.52 bits per heavy atom. The van der Waals surface area contributed by atoms with Crippen molar-refractivity contribution in [3.8, 4) is 0 Å². The van der Waals surface area contributed by atoms with E-state index in [0.29, 0.717) is 26.1 Å². The third-order valence-corrected chi connectivity index (χ3v) is 4.78. The van der Waals surface area contributed by atoms with Crippen LogP contribution in [0.5, 0.6) is 0 Å². The average Bonchev–Trinajstić information content (AvgIpc) is 3.17. The van der Waals surface area contributed by atoms with E-state index in [4.69, 9.17) is 10.5 Å². The monoisotopic (exact) mass is 316 g/mol. The molecule has 1 aliphatic rings. The summed E-state index contributed by atoms with van der Waals surface area (Å²) in [5.74, 6) is 0.770. The molecule has 0 aromatic carbocycles. The molecule has 3 N–H and O–H groups in total.